The number of rotatable bonds is 1. The van der Waals surface area contributed by atoms with Crippen LogP contribution in [0, 0.1) is 0 Å². The smallest absolute Gasteiger partial charge is 0.160 e. The number of ether oxygens (including phenoxy) is 1. The molecule has 0 bridgehead atoms. The molecule has 0 radical (unpaired) electrons. The first-order chi connectivity index (χ1) is 9.05. The Kier molecular flexibility index (Phi) is 2.97. The van der Waals surface area contributed by atoms with Crippen molar-refractivity contribution in [3.05, 3.63) is 11.5 Å². The van der Waals surface area contributed by atoms with Crippen molar-refractivity contribution >= 4 is 11.5 Å². The average molecular weight is 261 g/mol. The van der Waals surface area contributed by atoms with Gasteiger partial charge in [0, 0.05) is 18.5 Å². The van der Waals surface area contributed by atoms with Crippen LogP contribution in [-0.4, -0.2) is 36.3 Å². The normalized spacial score (nSPS) is 18.8. The Bertz CT molecular complexity index is 515. The van der Waals surface area contributed by atoms with Gasteiger partial charge < -0.3 is 9.64 Å². The number of aromatic nitrogens is 2. The van der Waals surface area contributed by atoms with E-state index < -0.39 is 0 Å². The summed E-state index contributed by atoms with van der Waals surface area (Å²) in [6.07, 6.45) is 0. The van der Waals surface area contributed by atoms with Gasteiger partial charge in [-0.05, 0) is 0 Å². The summed E-state index contributed by atoms with van der Waals surface area (Å²) in [6, 6.07) is 0. The van der Waals surface area contributed by atoms with E-state index in [0.29, 0.717) is 6.54 Å². The van der Waals surface area contributed by atoms with E-state index in [9.17, 15) is 0 Å². The third-order valence-electron chi connectivity index (χ3n) is 3.31. The molecule has 19 heavy (non-hydrogen) atoms. The van der Waals surface area contributed by atoms with E-state index in [1.165, 1.54) is 0 Å². The lowest BCUT2D eigenvalue weighted by molar-refractivity contribution is 0.122. The molecule has 2 aliphatic rings. The van der Waals surface area contributed by atoms with Gasteiger partial charge in [0.2, 0.25) is 0 Å². The molecule has 102 valence electrons. The third kappa shape index (κ3) is 2.32. The summed E-state index contributed by atoms with van der Waals surface area (Å²) >= 11 is 0. The summed E-state index contributed by atoms with van der Waals surface area (Å²) in [5.41, 5.74) is 1.72. The Morgan fingerprint density at radius 3 is 2.53 bits per heavy atom. The minimum absolute atomic E-state index is 0.0708. The molecule has 1 aromatic heterocycles. The molecule has 6 heteroatoms. The second-order valence-electron chi connectivity index (χ2n) is 5.92. The monoisotopic (exact) mass is 261 g/mol. The summed E-state index contributed by atoms with van der Waals surface area (Å²) in [5.74, 6) is 1.78. The Labute approximate surface area is 112 Å². The highest BCUT2D eigenvalue weighted by Gasteiger charge is 2.27. The van der Waals surface area contributed by atoms with Crippen LogP contribution in [0.1, 0.15) is 32.3 Å². The highest BCUT2D eigenvalue weighted by Crippen LogP contribution is 2.36. The molecule has 0 amide bonds. The van der Waals surface area contributed by atoms with Crippen molar-refractivity contribution in [3.8, 4) is 0 Å². The molecular weight excluding hydrogens is 242 g/mol. The van der Waals surface area contributed by atoms with E-state index in [4.69, 9.17) is 9.72 Å². The third-order valence-corrected chi connectivity index (χ3v) is 3.31. The maximum Gasteiger partial charge on any atom is 0.160 e. The highest BCUT2D eigenvalue weighted by molar-refractivity contribution is 5.65. The topological polar surface area (TPSA) is 63.0 Å². The fourth-order valence-corrected chi connectivity index (χ4v) is 2.20. The van der Waals surface area contributed by atoms with Crippen LogP contribution >= 0.6 is 0 Å². The summed E-state index contributed by atoms with van der Waals surface area (Å²) in [7, 11) is 0. The predicted octanol–water partition coefficient (Wildman–Crippen LogP) is 2.21. The Hall–Kier alpha value is -1.56. The lowest BCUT2D eigenvalue weighted by Gasteiger charge is -2.29. The summed E-state index contributed by atoms with van der Waals surface area (Å²) < 4.78 is 5.40. The zero-order chi connectivity index (χ0) is 13.5. The minimum atomic E-state index is -0.0708. The molecule has 0 unspecified atom stereocenters. The summed E-state index contributed by atoms with van der Waals surface area (Å²) in [6.45, 7) is 10.1. The maximum absolute atomic E-state index is 5.40. The van der Waals surface area contributed by atoms with Crippen LogP contribution < -0.4 is 4.90 Å². The SMILES string of the molecule is CC(C)(C)c1nc2c(c(N3CCOCC3)n1)N=NC2. The van der Waals surface area contributed by atoms with Crippen LogP contribution in [-0.2, 0) is 16.7 Å². The standard InChI is InChI=1S/C13H19N5O/c1-13(2,3)12-15-9-8-14-17-10(9)11(16-12)18-4-6-19-7-5-18/h4-8H2,1-3H3. The molecule has 0 aromatic carbocycles. The van der Waals surface area contributed by atoms with Crippen LogP contribution in [0.4, 0.5) is 11.5 Å². The van der Waals surface area contributed by atoms with Crippen LogP contribution in [0.3, 0.4) is 0 Å². The molecule has 0 atom stereocenters. The first kappa shape index (κ1) is 12.5. The molecule has 6 nitrogen and oxygen atoms in total. The first-order valence-electron chi connectivity index (χ1n) is 6.67. The fraction of sp³-hybridized carbons (Fsp3) is 0.692. The molecule has 0 saturated carbocycles. The number of fused-ring (bicyclic) bond motifs is 1. The molecule has 1 fully saturated rings. The van der Waals surface area contributed by atoms with E-state index in [0.717, 1.165) is 49.3 Å². The molecule has 3 heterocycles. The van der Waals surface area contributed by atoms with Crippen LogP contribution in [0.5, 0.6) is 0 Å². The Morgan fingerprint density at radius 2 is 1.84 bits per heavy atom. The van der Waals surface area contributed by atoms with Crippen LogP contribution in [0.25, 0.3) is 0 Å². The molecule has 0 aliphatic carbocycles. The number of hydrogen-bond donors (Lipinski definition) is 0. The van der Waals surface area contributed by atoms with Crippen molar-refractivity contribution in [2.45, 2.75) is 32.7 Å². The van der Waals surface area contributed by atoms with Gasteiger partial charge in [-0.25, -0.2) is 9.97 Å². The Morgan fingerprint density at radius 1 is 1.11 bits per heavy atom. The highest BCUT2D eigenvalue weighted by atomic mass is 16.5. The van der Waals surface area contributed by atoms with Gasteiger partial charge in [0.05, 0.1) is 18.9 Å². The van der Waals surface area contributed by atoms with Gasteiger partial charge in [-0.3, -0.25) is 0 Å². The van der Waals surface area contributed by atoms with Crippen molar-refractivity contribution in [1.82, 2.24) is 9.97 Å². The number of azo groups is 1. The lowest BCUT2D eigenvalue weighted by atomic mass is 9.95. The largest absolute Gasteiger partial charge is 0.378 e. The molecule has 2 aliphatic heterocycles. The van der Waals surface area contributed by atoms with Crippen molar-refractivity contribution in [2.24, 2.45) is 10.2 Å². The number of hydrogen-bond acceptors (Lipinski definition) is 6. The molecule has 0 N–H and O–H groups in total. The van der Waals surface area contributed by atoms with E-state index in [1.54, 1.807) is 0 Å². The summed E-state index contributed by atoms with van der Waals surface area (Å²) in [5, 5.41) is 8.31. The van der Waals surface area contributed by atoms with Gasteiger partial charge in [-0.2, -0.15) is 5.11 Å². The van der Waals surface area contributed by atoms with Gasteiger partial charge >= 0.3 is 0 Å². The van der Waals surface area contributed by atoms with Crippen LogP contribution in [0.2, 0.25) is 0 Å². The van der Waals surface area contributed by atoms with Crippen molar-refractivity contribution < 1.29 is 4.74 Å². The van der Waals surface area contributed by atoms with E-state index in [2.05, 4.69) is 40.9 Å². The number of nitrogens with zero attached hydrogens (tertiary/aromatic N) is 5. The van der Waals surface area contributed by atoms with Gasteiger partial charge in [0.15, 0.2) is 11.5 Å². The molecule has 3 rings (SSSR count). The van der Waals surface area contributed by atoms with Crippen LogP contribution in [0.15, 0.2) is 10.2 Å². The van der Waals surface area contributed by atoms with E-state index >= 15 is 0 Å². The van der Waals surface area contributed by atoms with E-state index in [1.807, 2.05) is 0 Å². The van der Waals surface area contributed by atoms with Gasteiger partial charge in [0.1, 0.15) is 12.4 Å². The second-order valence-corrected chi connectivity index (χ2v) is 5.92. The quantitative estimate of drug-likeness (QED) is 0.777. The predicted molar refractivity (Wildman–Crippen MR) is 72.0 cm³/mol. The van der Waals surface area contributed by atoms with Crippen molar-refractivity contribution in [2.75, 3.05) is 31.2 Å². The van der Waals surface area contributed by atoms with Crippen molar-refractivity contribution in [1.29, 1.82) is 0 Å². The van der Waals surface area contributed by atoms with Crippen molar-refractivity contribution in [3.63, 3.8) is 0 Å². The first-order valence-corrected chi connectivity index (χ1v) is 6.67. The fourth-order valence-electron chi connectivity index (χ4n) is 2.20. The maximum atomic E-state index is 5.40. The van der Waals surface area contributed by atoms with E-state index in [-0.39, 0.29) is 5.41 Å². The second kappa shape index (κ2) is 4.52. The summed E-state index contributed by atoms with van der Waals surface area (Å²) in [4.78, 5) is 11.6. The zero-order valence-corrected chi connectivity index (χ0v) is 11.7. The van der Waals surface area contributed by atoms with Gasteiger partial charge in [-0.15, -0.1) is 5.11 Å². The minimum Gasteiger partial charge on any atom is -0.378 e. The molecule has 1 aromatic rings. The number of morpholine rings is 1. The molecular formula is C13H19N5O. The lowest BCUT2D eigenvalue weighted by Crippen LogP contribution is -2.37. The van der Waals surface area contributed by atoms with Gasteiger partial charge in [0.25, 0.3) is 0 Å². The van der Waals surface area contributed by atoms with Gasteiger partial charge in [-0.1, -0.05) is 20.8 Å². The average Bonchev–Trinajstić information content (AvgIpc) is 2.85. The molecule has 0 spiro atoms. The number of anilines is 1. The zero-order valence-electron chi connectivity index (χ0n) is 11.7. The molecule has 1 saturated heterocycles. The Balaban J connectivity index is 2.05.